The molecule has 2 fully saturated rings. The molecule has 0 aliphatic carbocycles. The first-order valence-corrected chi connectivity index (χ1v) is 9.57. The Kier molecular flexibility index (Phi) is 6.28. The summed E-state index contributed by atoms with van der Waals surface area (Å²) in [6.07, 6.45) is 3.41. The molecule has 0 spiro atoms. The van der Waals surface area contributed by atoms with E-state index in [4.69, 9.17) is 4.74 Å². The first-order chi connectivity index (χ1) is 13.0. The zero-order valence-corrected chi connectivity index (χ0v) is 16.0. The van der Waals surface area contributed by atoms with E-state index in [1.165, 1.54) is 18.9 Å². The van der Waals surface area contributed by atoms with Crippen LogP contribution in [0.25, 0.3) is 0 Å². The third kappa shape index (κ3) is 4.39. The molecule has 0 unspecified atom stereocenters. The van der Waals surface area contributed by atoms with E-state index in [1.807, 2.05) is 4.90 Å². The molecule has 2 aliphatic rings. The minimum atomic E-state index is -0.452. The Hall–Kier alpha value is -2.19. The van der Waals surface area contributed by atoms with Crippen LogP contribution in [-0.2, 0) is 4.74 Å². The molecule has 8 nitrogen and oxygen atoms in total. The van der Waals surface area contributed by atoms with Gasteiger partial charge in [-0.25, -0.2) is 0 Å². The summed E-state index contributed by atoms with van der Waals surface area (Å²) < 4.78 is 4.96. The Labute approximate surface area is 159 Å². The van der Waals surface area contributed by atoms with Gasteiger partial charge in [0.15, 0.2) is 0 Å². The number of hydrogen-bond donors (Lipinski definition) is 1. The summed E-state index contributed by atoms with van der Waals surface area (Å²) in [5.74, 6) is -0.129. The van der Waals surface area contributed by atoms with Gasteiger partial charge in [-0.2, -0.15) is 0 Å². The third-order valence-electron chi connectivity index (χ3n) is 5.53. The predicted octanol–water partition coefficient (Wildman–Crippen LogP) is 2.35. The van der Waals surface area contributed by atoms with Gasteiger partial charge in [-0.15, -0.1) is 0 Å². The van der Waals surface area contributed by atoms with Crippen molar-refractivity contribution < 1.29 is 14.5 Å². The molecule has 0 bridgehead atoms. The van der Waals surface area contributed by atoms with Crippen LogP contribution in [0, 0.1) is 10.1 Å². The van der Waals surface area contributed by atoms with Crippen LogP contribution in [0.1, 0.15) is 36.5 Å². The molecule has 0 radical (unpaired) electrons. The van der Waals surface area contributed by atoms with Gasteiger partial charge in [0.2, 0.25) is 0 Å². The van der Waals surface area contributed by atoms with Gasteiger partial charge < -0.3 is 15.0 Å². The fourth-order valence-corrected chi connectivity index (χ4v) is 4.08. The van der Waals surface area contributed by atoms with Crippen molar-refractivity contribution in [3.8, 4) is 0 Å². The fraction of sp³-hybridized carbons (Fsp3) is 0.632. The summed E-state index contributed by atoms with van der Waals surface area (Å²) in [7, 11) is 1.57. The van der Waals surface area contributed by atoms with Gasteiger partial charge in [-0.1, -0.05) is 0 Å². The van der Waals surface area contributed by atoms with E-state index in [0.29, 0.717) is 37.0 Å². The van der Waals surface area contributed by atoms with Crippen LogP contribution < -0.4 is 5.32 Å². The fourth-order valence-electron chi connectivity index (χ4n) is 4.08. The maximum Gasteiger partial charge on any atom is 0.293 e. The summed E-state index contributed by atoms with van der Waals surface area (Å²) in [4.78, 5) is 28.3. The second-order valence-electron chi connectivity index (χ2n) is 7.35. The number of ether oxygens (including phenoxy) is 1. The van der Waals surface area contributed by atoms with E-state index in [2.05, 4.69) is 17.1 Å². The number of likely N-dealkylation sites (tertiary alicyclic amines) is 2. The van der Waals surface area contributed by atoms with Gasteiger partial charge in [-0.3, -0.25) is 19.8 Å². The van der Waals surface area contributed by atoms with Crippen molar-refractivity contribution in [3.05, 3.63) is 33.9 Å². The van der Waals surface area contributed by atoms with Gasteiger partial charge in [0.05, 0.1) is 11.5 Å². The number of carbonyl (C=O) groups excluding carboxylic acids is 1. The number of nitro groups is 1. The smallest absolute Gasteiger partial charge is 0.293 e. The molecule has 8 heteroatoms. The zero-order chi connectivity index (χ0) is 19.4. The molecule has 27 heavy (non-hydrogen) atoms. The highest BCUT2D eigenvalue weighted by Gasteiger charge is 2.37. The van der Waals surface area contributed by atoms with Gasteiger partial charge in [0.1, 0.15) is 5.69 Å². The van der Waals surface area contributed by atoms with Crippen LogP contribution in [0.2, 0.25) is 0 Å². The average molecular weight is 376 g/mol. The average Bonchev–Trinajstić information content (AvgIpc) is 3.31. The normalized spacial score (nSPS) is 23.0. The van der Waals surface area contributed by atoms with Crippen molar-refractivity contribution in [2.45, 2.75) is 38.3 Å². The Balaban J connectivity index is 1.73. The van der Waals surface area contributed by atoms with Gasteiger partial charge >= 0.3 is 0 Å². The SMILES string of the molecule is COCCNc1ccc(C(=O)N2C[C@@H](N3CCCC3)C[C@@H]2C)cc1[N+](=O)[O-]. The van der Waals surface area contributed by atoms with E-state index in [9.17, 15) is 14.9 Å². The van der Waals surface area contributed by atoms with Crippen LogP contribution in [0.3, 0.4) is 0 Å². The standard InChI is InChI=1S/C19H28N4O4/c1-14-11-16(21-8-3-4-9-21)13-22(14)19(24)15-5-6-17(20-7-10-27-2)18(12-15)23(25)26/h5-6,12,14,16,20H,3-4,7-11,13H2,1-2H3/t14-,16-/m0/s1. The van der Waals surface area contributed by atoms with Crippen molar-refractivity contribution in [1.29, 1.82) is 0 Å². The molecule has 148 valence electrons. The number of nitrogens with zero attached hydrogens (tertiary/aromatic N) is 3. The molecule has 1 aromatic rings. The van der Waals surface area contributed by atoms with Crippen molar-refractivity contribution in [3.63, 3.8) is 0 Å². The number of anilines is 1. The summed E-state index contributed by atoms with van der Waals surface area (Å²) >= 11 is 0. The Morgan fingerprint density at radius 2 is 2.11 bits per heavy atom. The molecule has 0 saturated carbocycles. The maximum atomic E-state index is 13.0. The van der Waals surface area contributed by atoms with E-state index in [1.54, 1.807) is 19.2 Å². The second kappa shape index (κ2) is 8.67. The largest absolute Gasteiger partial charge is 0.383 e. The number of nitrogens with one attached hydrogen (secondary N) is 1. The maximum absolute atomic E-state index is 13.0. The monoisotopic (exact) mass is 376 g/mol. The molecule has 1 N–H and O–H groups in total. The highest BCUT2D eigenvalue weighted by molar-refractivity contribution is 5.96. The lowest BCUT2D eigenvalue weighted by Gasteiger charge is -2.24. The first kappa shape index (κ1) is 19.6. The number of benzene rings is 1. The number of amides is 1. The van der Waals surface area contributed by atoms with Crippen LogP contribution in [0.4, 0.5) is 11.4 Å². The number of carbonyl (C=O) groups is 1. The highest BCUT2D eigenvalue weighted by Crippen LogP contribution is 2.29. The number of methoxy groups -OCH3 is 1. The molecule has 3 rings (SSSR count). The lowest BCUT2D eigenvalue weighted by Crippen LogP contribution is -2.38. The number of hydrogen-bond acceptors (Lipinski definition) is 6. The second-order valence-corrected chi connectivity index (χ2v) is 7.35. The van der Waals surface area contributed by atoms with E-state index in [0.717, 1.165) is 19.5 Å². The number of nitro benzene ring substituents is 1. The van der Waals surface area contributed by atoms with E-state index >= 15 is 0 Å². The molecular formula is C19H28N4O4. The van der Waals surface area contributed by atoms with Crippen molar-refractivity contribution in [2.75, 3.05) is 45.2 Å². The third-order valence-corrected chi connectivity index (χ3v) is 5.53. The van der Waals surface area contributed by atoms with Gasteiger partial charge in [0.25, 0.3) is 11.6 Å². The zero-order valence-electron chi connectivity index (χ0n) is 16.0. The Morgan fingerprint density at radius 3 is 2.78 bits per heavy atom. The summed E-state index contributed by atoms with van der Waals surface area (Å²) in [6.45, 7) is 5.87. The molecular weight excluding hydrogens is 348 g/mol. The van der Waals surface area contributed by atoms with Crippen molar-refractivity contribution in [1.82, 2.24) is 9.80 Å². The lowest BCUT2D eigenvalue weighted by atomic mass is 10.1. The summed E-state index contributed by atoms with van der Waals surface area (Å²) in [5, 5.41) is 14.4. The molecule has 2 aliphatic heterocycles. The number of rotatable bonds is 7. The minimum Gasteiger partial charge on any atom is -0.383 e. The highest BCUT2D eigenvalue weighted by atomic mass is 16.6. The Bertz CT molecular complexity index is 690. The van der Waals surface area contributed by atoms with Gasteiger partial charge in [-0.05, 0) is 51.4 Å². The van der Waals surface area contributed by atoms with E-state index in [-0.39, 0.29) is 17.6 Å². The predicted molar refractivity (Wildman–Crippen MR) is 103 cm³/mol. The minimum absolute atomic E-state index is 0.0834. The van der Waals surface area contributed by atoms with E-state index < -0.39 is 4.92 Å². The van der Waals surface area contributed by atoms with Crippen LogP contribution >= 0.6 is 0 Å². The molecule has 2 atom stereocenters. The molecule has 2 heterocycles. The van der Waals surface area contributed by atoms with Crippen molar-refractivity contribution >= 4 is 17.3 Å². The quantitative estimate of drug-likeness (QED) is 0.446. The van der Waals surface area contributed by atoms with Gasteiger partial charge in [0, 0.05) is 43.9 Å². The topological polar surface area (TPSA) is 88.0 Å². The molecule has 0 aromatic heterocycles. The first-order valence-electron chi connectivity index (χ1n) is 9.57. The summed E-state index contributed by atoms with van der Waals surface area (Å²) in [6, 6.07) is 5.20. The molecule has 2 saturated heterocycles. The Morgan fingerprint density at radius 1 is 1.37 bits per heavy atom. The summed E-state index contributed by atoms with van der Waals surface area (Å²) in [5.41, 5.74) is 0.686. The van der Waals surface area contributed by atoms with Crippen LogP contribution in [0.5, 0.6) is 0 Å². The molecule has 1 amide bonds. The van der Waals surface area contributed by atoms with Crippen LogP contribution in [0.15, 0.2) is 18.2 Å². The van der Waals surface area contributed by atoms with Crippen LogP contribution in [-0.4, -0.2) is 72.6 Å². The van der Waals surface area contributed by atoms with Crippen molar-refractivity contribution in [2.24, 2.45) is 0 Å². The lowest BCUT2D eigenvalue weighted by molar-refractivity contribution is -0.384. The molecule has 1 aromatic carbocycles.